The van der Waals surface area contributed by atoms with Crippen molar-refractivity contribution in [2.24, 2.45) is 0 Å². The fraction of sp³-hybridized carbons (Fsp3) is 0.375. The highest BCUT2D eigenvalue weighted by Crippen LogP contribution is 2.21. The first-order valence-electron chi connectivity index (χ1n) is 10.5. The first kappa shape index (κ1) is 20.1. The molecule has 6 heteroatoms. The molecule has 2 heterocycles. The molecule has 6 nitrogen and oxygen atoms in total. The van der Waals surface area contributed by atoms with Crippen molar-refractivity contribution in [3.63, 3.8) is 0 Å². The summed E-state index contributed by atoms with van der Waals surface area (Å²) in [6, 6.07) is 17.2. The Kier molecular flexibility index (Phi) is 5.84. The van der Waals surface area contributed by atoms with Crippen molar-refractivity contribution < 1.29 is 14.4 Å². The zero-order chi connectivity index (χ0) is 21.1. The number of carbonyl (C=O) groups is 3. The SMILES string of the molecule is Cc1cccc(CC(=O)N2CCC3C(=O)N(Cc4ccccc4)CC(=O)N3CC2)c1. The number of fused-ring (bicyclic) bond motifs is 1. The topological polar surface area (TPSA) is 60.9 Å². The van der Waals surface area contributed by atoms with E-state index in [9.17, 15) is 14.4 Å². The quantitative estimate of drug-likeness (QED) is 0.782. The number of hydrogen-bond acceptors (Lipinski definition) is 3. The zero-order valence-corrected chi connectivity index (χ0v) is 17.3. The van der Waals surface area contributed by atoms with Gasteiger partial charge in [-0.05, 0) is 24.5 Å². The Morgan fingerprint density at radius 1 is 0.967 bits per heavy atom. The van der Waals surface area contributed by atoms with Crippen LogP contribution >= 0.6 is 0 Å². The predicted molar refractivity (Wildman–Crippen MR) is 113 cm³/mol. The van der Waals surface area contributed by atoms with Gasteiger partial charge in [-0.15, -0.1) is 0 Å². The summed E-state index contributed by atoms with van der Waals surface area (Å²) in [4.78, 5) is 43.8. The highest BCUT2D eigenvalue weighted by molar-refractivity contribution is 5.95. The van der Waals surface area contributed by atoms with Crippen molar-refractivity contribution in [2.45, 2.75) is 32.4 Å². The molecule has 0 aliphatic carbocycles. The summed E-state index contributed by atoms with van der Waals surface area (Å²) < 4.78 is 0. The molecule has 1 unspecified atom stereocenters. The Labute approximate surface area is 177 Å². The van der Waals surface area contributed by atoms with E-state index in [4.69, 9.17) is 0 Å². The van der Waals surface area contributed by atoms with E-state index in [-0.39, 0.29) is 24.3 Å². The summed E-state index contributed by atoms with van der Waals surface area (Å²) in [6.07, 6.45) is 0.823. The lowest BCUT2D eigenvalue weighted by Gasteiger charge is -2.39. The van der Waals surface area contributed by atoms with Gasteiger partial charge in [0.25, 0.3) is 0 Å². The van der Waals surface area contributed by atoms with Crippen LogP contribution in [-0.4, -0.2) is 64.6 Å². The fourth-order valence-electron chi connectivity index (χ4n) is 4.32. The third-order valence-corrected chi connectivity index (χ3v) is 5.91. The number of aryl methyl sites for hydroxylation is 1. The van der Waals surface area contributed by atoms with E-state index in [1.807, 2.05) is 61.5 Å². The number of carbonyl (C=O) groups excluding carboxylic acids is 3. The van der Waals surface area contributed by atoms with E-state index >= 15 is 0 Å². The molecule has 2 aromatic rings. The molecule has 0 saturated carbocycles. The van der Waals surface area contributed by atoms with Crippen LogP contribution in [0, 0.1) is 6.92 Å². The van der Waals surface area contributed by atoms with Gasteiger partial charge in [0.1, 0.15) is 12.6 Å². The Hall–Kier alpha value is -3.15. The third-order valence-electron chi connectivity index (χ3n) is 5.91. The largest absolute Gasteiger partial charge is 0.341 e. The summed E-state index contributed by atoms with van der Waals surface area (Å²) in [5, 5.41) is 0. The van der Waals surface area contributed by atoms with Crippen molar-refractivity contribution >= 4 is 17.7 Å². The summed E-state index contributed by atoms with van der Waals surface area (Å²) in [5.41, 5.74) is 3.13. The maximum absolute atomic E-state index is 13.1. The van der Waals surface area contributed by atoms with E-state index in [1.54, 1.807) is 14.7 Å². The minimum absolute atomic E-state index is 0.0218. The molecular formula is C24H27N3O3. The van der Waals surface area contributed by atoms with Crippen LogP contribution in [0.3, 0.4) is 0 Å². The maximum atomic E-state index is 13.1. The van der Waals surface area contributed by atoms with Crippen LogP contribution in [-0.2, 0) is 27.3 Å². The van der Waals surface area contributed by atoms with Crippen molar-refractivity contribution in [3.8, 4) is 0 Å². The van der Waals surface area contributed by atoms with E-state index in [2.05, 4.69) is 0 Å². The summed E-state index contributed by atoms with van der Waals surface area (Å²) >= 11 is 0. The fourth-order valence-corrected chi connectivity index (χ4v) is 4.32. The number of rotatable bonds is 4. The molecule has 156 valence electrons. The van der Waals surface area contributed by atoms with Gasteiger partial charge in [0, 0.05) is 26.2 Å². The molecule has 3 amide bonds. The lowest BCUT2D eigenvalue weighted by atomic mass is 10.1. The van der Waals surface area contributed by atoms with Crippen LogP contribution in [0.5, 0.6) is 0 Å². The molecular weight excluding hydrogens is 378 g/mol. The number of amides is 3. The maximum Gasteiger partial charge on any atom is 0.246 e. The molecule has 2 aromatic carbocycles. The Balaban J connectivity index is 1.42. The van der Waals surface area contributed by atoms with E-state index in [0.717, 1.165) is 16.7 Å². The Bertz CT molecular complexity index is 944. The van der Waals surface area contributed by atoms with Gasteiger partial charge in [0.15, 0.2) is 0 Å². The molecule has 0 spiro atoms. The third kappa shape index (κ3) is 4.37. The minimum Gasteiger partial charge on any atom is -0.341 e. The van der Waals surface area contributed by atoms with Gasteiger partial charge in [0.05, 0.1) is 6.42 Å². The van der Waals surface area contributed by atoms with Gasteiger partial charge >= 0.3 is 0 Å². The second kappa shape index (κ2) is 8.69. The van der Waals surface area contributed by atoms with Crippen LogP contribution in [0.25, 0.3) is 0 Å². The molecule has 0 bridgehead atoms. The summed E-state index contributed by atoms with van der Waals surface area (Å²) in [6.45, 7) is 3.92. The molecule has 0 aromatic heterocycles. The van der Waals surface area contributed by atoms with Crippen LogP contribution in [0.4, 0.5) is 0 Å². The van der Waals surface area contributed by atoms with Gasteiger partial charge in [-0.2, -0.15) is 0 Å². The van der Waals surface area contributed by atoms with Crippen molar-refractivity contribution in [1.29, 1.82) is 0 Å². The van der Waals surface area contributed by atoms with E-state index < -0.39 is 6.04 Å². The van der Waals surface area contributed by atoms with Gasteiger partial charge in [-0.25, -0.2) is 0 Å². The number of nitrogens with zero attached hydrogens (tertiary/aromatic N) is 3. The number of benzene rings is 2. The second-order valence-electron chi connectivity index (χ2n) is 8.12. The molecule has 30 heavy (non-hydrogen) atoms. The van der Waals surface area contributed by atoms with Crippen molar-refractivity contribution in [3.05, 3.63) is 71.3 Å². The van der Waals surface area contributed by atoms with Gasteiger partial charge < -0.3 is 14.7 Å². The molecule has 0 radical (unpaired) electrons. The summed E-state index contributed by atoms with van der Waals surface area (Å²) in [5.74, 6) is -0.0172. The minimum atomic E-state index is -0.480. The standard InChI is InChI=1S/C24H27N3O3/c1-18-6-5-9-20(14-18)15-22(28)25-11-10-21-24(30)26(16-19-7-3-2-4-8-19)17-23(29)27(21)13-12-25/h2-9,14,21H,10-13,15-17H2,1H3. The molecule has 2 saturated heterocycles. The Morgan fingerprint density at radius 3 is 2.50 bits per heavy atom. The van der Waals surface area contributed by atoms with E-state index in [1.165, 1.54) is 0 Å². The monoisotopic (exact) mass is 405 g/mol. The molecule has 1 atom stereocenters. The van der Waals surface area contributed by atoms with Gasteiger partial charge in [-0.1, -0.05) is 60.2 Å². The lowest BCUT2D eigenvalue weighted by molar-refractivity contribution is -0.156. The van der Waals surface area contributed by atoms with Gasteiger partial charge in [-0.3, -0.25) is 14.4 Å². The first-order valence-corrected chi connectivity index (χ1v) is 10.5. The average Bonchev–Trinajstić information content (AvgIpc) is 2.96. The Morgan fingerprint density at radius 2 is 1.73 bits per heavy atom. The van der Waals surface area contributed by atoms with Crippen LogP contribution in [0.2, 0.25) is 0 Å². The lowest BCUT2D eigenvalue weighted by Crippen LogP contribution is -2.59. The van der Waals surface area contributed by atoms with Crippen LogP contribution in [0.15, 0.2) is 54.6 Å². The zero-order valence-electron chi connectivity index (χ0n) is 17.3. The molecule has 0 N–H and O–H groups in total. The predicted octanol–water partition coefficient (Wildman–Crippen LogP) is 2.01. The van der Waals surface area contributed by atoms with E-state index in [0.29, 0.717) is 39.0 Å². The first-order chi connectivity index (χ1) is 14.5. The number of hydrogen-bond donors (Lipinski definition) is 0. The molecule has 4 rings (SSSR count). The average molecular weight is 405 g/mol. The van der Waals surface area contributed by atoms with Crippen molar-refractivity contribution in [1.82, 2.24) is 14.7 Å². The van der Waals surface area contributed by atoms with Gasteiger partial charge in [0.2, 0.25) is 17.7 Å². The molecule has 2 fully saturated rings. The smallest absolute Gasteiger partial charge is 0.246 e. The normalized spacial score (nSPS) is 19.5. The second-order valence-corrected chi connectivity index (χ2v) is 8.12. The highest BCUT2D eigenvalue weighted by atomic mass is 16.2. The molecule has 2 aliphatic rings. The highest BCUT2D eigenvalue weighted by Gasteiger charge is 2.41. The van der Waals surface area contributed by atoms with Crippen molar-refractivity contribution in [2.75, 3.05) is 26.2 Å². The summed E-state index contributed by atoms with van der Waals surface area (Å²) in [7, 11) is 0. The molecule has 2 aliphatic heterocycles. The number of piperazine rings is 1. The van der Waals surface area contributed by atoms with Crippen LogP contribution < -0.4 is 0 Å². The van der Waals surface area contributed by atoms with Crippen LogP contribution in [0.1, 0.15) is 23.1 Å².